The standard InChI is InChI=1S/C43H75O9P/c1-3-5-6-7-8-9-10-11-12-13-14-17-21-24-27-30-33-37-43(46)52-41(39-51-53(47,48)49)38-50-42(45)36-32-29-26-23-20-18-15-16-19-22-25-28-31-35-40(44)34-4-2/h11-12,15,18-19,22-23,26,28,31,40-41,44H,3-10,13-14,16-17,20-21,24-25,27,29-30,32-39H2,1-2H3,(H2,47,48,49)/b12-11-,18-15-,22-19-,26-23-,31-28-/t40?,41-/m1/s1. The van der Waals surface area contributed by atoms with Gasteiger partial charge in [0.1, 0.15) is 6.61 Å². The van der Waals surface area contributed by atoms with Gasteiger partial charge in [0.05, 0.1) is 12.7 Å². The minimum atomic E-state index is -4.78. The van der Waals surface area contributed by atoms with Gasteiger partial charge in [-0.15, -0.1) is 0 Å². The molecule has 0 saturated carbocycles. The van der Waals surface area contributed by atoms with Gasteiger partial charge in [0.15, 0.2) is 6.10 Å². The zero-order valence-corrected chi connectivity index (χ0v) is 34.2. The van der Waals surface area contributed by atoms with Crippen LogP contribution in [0.4, 0.5) is 0 Å². The molecule has 10 heteroatoms. The van der Waals surface area contributed by atoms with Crippen LogP contribution in [0.25, 0.3) is 0 Å². The number of aliphatic hydroxyl groups excluding tert-OH is 1. The van der Waals surface area contributed by atoms with Gasteiger partial charge in [0.25, 0.3) is 0 Å². The molecule has 3 N–H and O–H groups in total. The number of hydrogen-bond donors (Lipinski definition) is 3. The molecule has 2 atom stereocenters. The van der Waals surface area contributed by atoms with Gasteiger partial charge < -0.3 is 24.4 Å². The Labute approximate surface area is 322 Å². The smallest absolute Gasteiger partial charge is 0.462 e. The van der Waals surface area contributed by atoms with E-state index in [4.69, 9.17) is 19.3 Å². The molecule has 0 aliphatic heterocycles. The van der Waals surface area contributed by atoms with Gasteiger partial charge in [-0.1, -0.05) is 145 Å². The van der Waals surface area contributed by atoms with E-state index >= 15 is 0 Å². The van der Waals surface area contributed by atoms with Crippen LogP contribution in [0.5, 0.6) is 0 Å². The van der Waals surface area contributed by atoms with Crippen molar-refractivity contribution >= 4 is 19.8 Å². The van der Waals surface area contributed by atoms with Crippen LogP contribution in [0, 0.1) is 0 Å². The molecule has 1 unspecified atom stereocenters. The second-order valence-corrected chi connectivity index (χ2v) is 15.0. The highest BCUT2D eigenvalue weighted by Crippen LogP contribution is 2.36. The summed E-state index contributed by atoms with van der Waals surface area (Å²) in [6.07, 6.45) is 44.3. The molecule has 53 heavy (non-hydrogen) atoms. The molecule has 0 saturated heterocycles. The minimum Gasteiger partial charge on any atom is -0.462 e. The quantitative estimate of drug-likeness (QED) is 0.0244. The summed E-state index contributed by atoms with van der Waals surface area (Å²) >= 11 is 0. The number of rotatable bonds is 37. The van der Waals surface area contributed by atoms with Crippen molar-refractivity contribution in [2.45, 2.75) is 187 Å². The zero-order chi connectivity index (χ0) is 39.1. The number of phosphoric ester groups is 1. The first kappa shape index (κ1) is 50.7. The molecular weight excluding hydrogens is 691 g/mol. The fraction of sp³-hybridized carbons (Fsp3) is 0.721. The maximum atomic E-state index is 12.4. The van der Waals surface area contributed by atoms with Crippen molar-refractivity contribution in [2.75, 3.05) is 13.2 Å². The summed E-state index contributed by atoms with van der Waals surface area (Å²) in [6.45, 7) is 3.43. The van der Waals surface area contributed by atoms with E-state index in [1.54, 1.807) is 0 Å². The highest BCUT2D eigenvalue weighted by Gasteiger charge is 2.22. The largest absolute Gasteiger partial charge is 0.469 e. The summed E-state index contributed by atoms with van der Waals surface area (Å²) in [4.78, 5) is 42.8. The van der Waals surface area contributed by atoms with E-state index in [9.17, 15) is 19.3 Å². The Hall–Kier alpha value is -2.29. The number of ether oxygens (including phenoxy) is 2. The van der Waals surface area contributed by atoms with Crippen LogP contribution >= 0.6 is 7.82 Å². The van der Waals surface area contributed by atoms with Gasteiger partial charge >= 0.3 is 19.8 Å². The third kappa shape index (κ3) is 40.7. The molecule has 0 heterocycles. The molecule has 0 aromatic heterocycles. The summed E-state index contributed by atoms with van der Waals surface area (Å²) < 4.78 is 26.3. The van der Waals surface area contributed by atoms with E-state index in [1.807, 2.05) is 18.2 Å². The number of carbonyl (C=O) groups is 2. The molecule has 0 aliphatic carbocycles. The predicted molar refractivity (Wildman–Crippen MR) is 217 cm³/mol. The molecule has 0 amide bonds. The number of hydrogen-bond acceptors (Lipinski definition) is 7. The van der Waals surface area contributed by atoms with E-state index in [2.05, 4.69) is 60.9 Å². The molecule has 0 aromatic rings. The Balaban J connectivity index is 4.05. The molecule has 0 rings (SSSR count). The number of esters is 2. The lowest BCUT2D eigenvalue weighted by atomic mass is 10.1. The van der Waals surface area contributed by atoms with Crippen LogP contribution in [0.15, 0.2) is 60.8 Å². The van der Waals surface area contributed by atoms with Gasteiger partial charge in [-0.05, 0) is 77.0 Å². The first-order valence-corrected chi connectivity index (χ1v) is 22.2. The number of aliphatic hydroxyl groups is 1. The van der Waals surface area contributed by atoms with Crippen molar-refractivity contribution in [1.82, 2.24) is 0 Å². The third-order valence-electron chi connectivity index (χ3n) is 8.56. The van der Waals surface area contributed by atoms with Crippen molar-refractivity contribution in [3.8, 4) is 0 Å². The maximum absolute atomic E-state index is 12.4. The van der Waals surface area contributed by atoms with Gasteiger partial charge in [-0.25, -0.2) is 4.57 Å². The van der Waals surface area contributed by atoms with Crippen LogP contribution in [0.2, 0.25) is 0 Å². The normalized spacial score (nSPS) is 13.7. The van der Waals surface area contributed by atoms with Crippen LogP contribution in [-0.2, 0) is 28.2 Å². The lowest BCUT2D eigenvalue weighted by Crippen LogP contribution is -2.29. The Kier molecular flexibility index (Phi) is 36.4. The Bertz CT molecular complexity index is 1060. The molecule has 0 fully saturated rings. The molecule has 9 nitrogen and oxygen atoms in total. The Morgan fingerprint density at radius 3 is 1.60 bits per heavy atom. The molecule has 306 valence electrons. The SMILES string of the molecule is CCCCCCCC/C=C\CCCCCCCCCC(=O)O[C@H](COC(=O)CCC/C=C\C/C=C\C/C=C\C/C=C\CC(O)CCC)COP(=O)(O)O. The number of phosphoric acid groups is 1. The second-order valence-electron chi connectivity index (χ2n) is 13.8. The zero-order valence-electron chi connectivity index (χ0n) is 33.3. The van der Waals surface area contributed by atoms with Crippen LogP contribution < -0.4 is 0 Å². The number of allylic oxidation sites excluding steroid dienone is 9. The average Bonchev–Trinajstić information content (AvgIpc) is 3.12. The minimum absolute atomic E-state index is 0.174. The molecular formula is C43H75O9P. The topological polar surface area (TPSA) is 140 Å². The van der Waals surface area contributed by atoms with E-state index < -0.39 is 32.5 Å². The van der Waals surface area contributed by atoms with E-state index in [0.717, 1.165) is 57.8 Å². The summed E-state index contributed by atoms with van der Waals surface area (Å²) in [5.41, 5.74) is 0. The second kappa shape index (κ2) is 38.0. The summed E-state index contributed by atoms with van der Waals surface area (Å²) in [6, 6.07) is 0. The number of carbonyl (C=O) groups excluding carboxylic acids is 2. The third-order valence-corrected chi connectivity index (χ3v) is 9.05. The fourth-order valence-corrected chi connectivity index (χ4v) is 5.85. The Morgan fingerprint density at radius 2 is 1.04 bits per heavy atom. The van der Waals surface area contributed by atoms with Crippen LogP contribution in [0.3, 0.4) is 0 Å². The first-order chi connectivity index (χ1) is 25.7. The fourth-order valence-electron chi connectivity index (χ4n) is 5.49. The Morgan fingerprint density at radius 1 is 0.566 bits per heavy atom. The molecule has 0 aromatic carbocycles. The number of unbranched alkanes of at least 4 members (excludes halogenated alkanes) is 14. The first-order valence-electron chi connectivity index (χ1n) is 20.7. The highest BCUT2D eigenvalue weighted by atomic mass is 31.2. The lowest BCUT2D eigenvalue weighted by molar-refractivity contribution is -0.161. The highest BCUT2D eigenvalue weighted by molar-refractivity contribution is 7.46. The van der Waals surface area contributed by atoms with Gasteiger partial charge in [0.2, 0.25) is 0 Å². The van der Waals surface area contributed by atoms with Crippen molar-refractivity contribution < 1.29 is 43.0 Å². The molecule has 0 spiro atoms. The maximum Gasteiger partial charge on any atom is 0.469 e. The van der Waals surface area contributed by atoms with Gasteiger partial charge in [-0.3, -0.25) is 14.1 Å². The molecule has 0 aliphatic rings. The predicted octanol–water partition coefficient (Wildman–Crippen LogP) is 11.5. The van der Waals surface area contributed by atoms with Gasteiger partial charge in [0, 0.05) is 12.8 Å². The van der Waals surface area contributed by atoms with Crippen molar-refractivity contribution in [3.63, 3.8) is 0 Å². The summed E-state index contributed by atoms with van der Waals surface area (Å²) in [7, 11) is -4.78. The van der Waals surface area contributed by atoms with Crippen molar-refractivity contribution in [1.29, 1.82) is 0 Å². The van der Waals surface area contributed by atoms with Crippen LogP contribution in [-0.4, -0.2) is 52.3 Å². The summed E-state index contributed by atoms with van der Waals surface area (Å²) in [5.74, 6) is -0.978. The summed E-state index contributed by atoms with van der Waals surface area (Å²) in [5, 5.41) is 9.70. The van der Waals surface area contributed by atoms with Crippen molar-refractivity contribution in [3.05, 3.63) is 60.8 Å². The van der Waals surface area contributed by atoms with Crippen LogP contribution in [0.1, 0.15) is 174 Å². The van der Waals surface area contributed by atoms with E-state index in [0.29, 0.717) is 25.7 Å². The lowest BCUT2D eigenvalue weighted by Gasteiger charge is -2.18. The molecule has 0 bridgehead atoms. The molecule has 0 radical (unpaired) electrons. The van der Waals surface area contributed by atoms with E-state index in [-0.39, 0.29) is 25.6 Å². The average molecular weight is 767 g/mol. The van der Waals surface area contributed by atoms with Gasteiger partial charge in [-0.2, -0.15) is 0 Å². The monoisotopic (exact) mass is 767 g/mol. The van der Waals surface area contributed by atoms with Crippen molar-refractivity contribution in [2.24, 2.45) is 0 Å². The van der Waals surface area contributed by atoms with E-state index in [1.165, 1.54) is 64.2 Å².